The number of ether oxygens (including phenoxy) is 2. The van der Waals surface area contributed by atoms with Crippen molar-refractivity contribution in [2.24, 2.45) is 0 Å². The summed E-state index contributed by atoms with van der Waals surface area (Å²) in [7, 11) is -3.57. The number of rotatable bonds is 4. The fourth-order valence-electron chi connectivity index (χ4n) is 3.27. The van der Waals surface area contributed by atoms with Crippen LogP contribution in [0.2, 0.25) is 4.34 Å². The van der Waals surface area contributed by atoms with Gasteiger partial charge in [0, 0.05) is 38.7 Å². The second-order valence-corrected chi connectivity index (χ2v) is 10.8. The lowest BCUT2D eigenvalue weighted by molar-refractivity contribution is -0.127. The van der Waals surface area contributed by atoms with E-state index in [1.54, 1.807) is 17.0 Å². The normalized spacial score (nSPS) is 17.8. The van der Waals surface area contributed by atoms with Gasteiger partial charge in [-0.2, -0.15) is 4.31 Å². The van der Waals surface area contributed by atoms with Gasteiger partial charge in [-0.25, -0.2) is 8.42 Å². The molecular formula is C20H21ClN2O5S2. The maximum atomic E-state index is 12.7. The van der Waals surface area contributed by atoms with Crippen LogP contribution in [-0.4, -0.2) is 62.9 Å². The van der Waals surface area contributed by atoms with Crippen molar-refractivity contribution < 1.29 is 22.7 Å². The van der Waals surface area contributed by atoms with E-state index in [2.05, 4.69) is 0 Å². The van der Waals surface area contributed by atoms with Crippen molar-refractivity contribution in [2.75, 3.05) is 39.4 Å². The second kappa shape index (κ2) is 8.97. The summed E-state index contributed by atoms with van der Waals surface area (Å²) < 4.78 is 38.7. The van der Waals surface area contributed by atoms with Crippen LogP contribution in [0.15, 0.2) is 40.6 Å². The van der Waals surface area contributed by atoms with Crippen LogP contribution in [0, 0.1) is 0 Å². The van der Waals surface area contributed by atoms with Gasteiger partial charge in [-0.15, -0.1) is 11.3 Å². The molecule has 0 saturated carbocycles. The molecule has 7 nitrogen and oxygen atoms in total. The van der Waals surface area contributed by atoms with Gasteiger partial charge in [0.25, 0.3) is 10.0 Å². The summed E-state index contributed by atoms with van der Waals surface area (Å²) in [6.45, 7) is 2.40. The first-order chi connectivity index (χ1) is 14.4. The molecule has 1 aromatic carbocycles. The summed E-state index contributed by atoms with van der Waals surface area (Å²) in [5.74, 6) is 1.23. The second-order valence-electron chi connectivity index (χ2n) is 6.88. The highest BCUT2D eigenvalue weighted by atomic mass is 35.5. The van der Waals surface area contributed by atoms with Crippen LogP contribution in [0.1, 0.15) is 12.0 Å². The first-order valence-corrected chi connectivity index (χ1v) is 12.2. The van der Waals surface area contributed by atoms with Crippen molar-refractivity contribution in [3.63, 3.8) is 0 Å². The number of hydrogen-bond donors (Lipinski definition) is 0. The molecule has 1 amide bonds. The van der Waals surface area contributed by atoms with Crippen LogP contribution in [0.25, 0.3) is 6.08 Å². The monoisotopic (exact) mass is 468 g/mol. The highest BCUT2D eigenvalue weighted by molar-refractivity contribution is 7.91. The SMILES string of the molecule is O=C(C=Cc1ccc2c(c1)OCCCO2)N1CCN(S(=O)(=O)c2ccc(Cl)s2)CC1. The summed E-state index contributed by atoms with van der Waals surface area (Å²) in [5.41, 5.74) is 0.836. The van der Waals surface area contributed by atoms with Crippen LogP contribution in [0.5, 0.6) is 11.5 Å². The quantitative estimate of drug-likeness (QED) is 0.644. The molecule has 1 fully saturated rings. The third-order valence-electron chi connectivity index (χ3n) is 4.88. The molecule has 0 N–H and O–H groups in total. The van der Waals surface area contributed by atoms with E-state index in [-0.39, 0.29) is 23.2 Å². The maximum absolute atomic E-state index is 12.7. The Morgan fingerprint density at radius 2 is 1.77 bits per heavy atom. The minimum absolute atomic E-state index is 0.154. The molecule has 3 heterocycles. The minimum Gasteiger partial charge on any atom is -0.490 e. The first-order valence-electron chi connectivity index (χ1n) is 9.55. The lowest BCUT2D eigenvalue weighted by atomic mass is 10.2. The van der Waals surface area contributed by atoms with E-state index >= 15 is 0 Å². The number of piperazine rings is 1. The van der Waals surface area contributed by atoms with Crippen molar-refractivity contribution in [3.8, 4) is 11.5 Å². The maximum Gasteiger partial charge on any atom is 0.252 e. The van der Waals surface area contributed by atoms with E-state index in [1.807, 2.05) is 18.2 Å². The predicted octanol–water partition coefficient (Wildman–Crippen LogP) is 3.11. The number of carbonyl (C=O) groups excluding carboxylic acids is 1. The van der Waals surface area contributed by atoms with Gasteiger partial charge in [0.05, 0.1) is 17.6 Å². The number of amides is 1. The minimum atomic E-state index is -3.57. The molecule has 0 bridgehead atoms. The Morgan fingerprint density at radius 1 is 1.03 bits per heavy atom. The highest BCUT2D eigenvalue weighted by Gasteiger charge is 2.30. The zero-order chi connectivity index (χ0) is 21.1. The molecule has 0 aliphatic carbocycles. The molecule has 160 valence electrons. The number of thiophene rings is 1. The van der Waals surface area contributed by atoms with Gasteiger partial charge >= 0.3 is 0 Å². The highest BCUT2D eigenvalue weighted by Crippen LogP contribution is 2.31. The third-order valence-corrected chi connectivity index (χ3v) is 8.48. The standard InChI is InChI=1S/C20H21ClN2O5S2/c21-18-5-7-20(29-18)30(25,26)23-10-8-22(9-11-23)19(24)6-3-15-2-4-16-17(14-15)28-13-1-12-27-16/h2-7,14H,1,8-13H2. The number of fused-ring (bicyclic) bond motifs is 1. The molecule has 2 aromatic rings. The van der Waals surface area contributed by atoms with Gasteiger partial charge in [-0.05, 0) is 35.9 Å². The molecule has 2 aliphatic heterocycles. The van der Waals surface area contributed by atoms with Crippen molar-refractivity contribution >= 4 is 44.9 Å². The van der Waals surface area contributed by atoms with Gasteiger partial charge in [-0.1, -0.05) is 17.7 Å². The van der Waals surface area contributed by atoms with Crippen LogP contribution in [-0.2, 0) is 14.8 Å². The Kier molecular flexibility index (Phi) is 6.33. The molecule has 0 spiro atoms. The topological polar surface area (TPSA) is 76.2 Å². The van der Waals surface area contributed by atoms with Gasteiger partial charge in [0.1, 0.15) is 4.21 Å². The number of benzene rings is 1. The van der Waals surface area contributed by atoms with E-state index in [0.717, 1.165) is 23.3 Å². The van der Waals surface area contributed by atoms with Gasteiger partial charge in [0.2, 0.25) is 5.91 Å². The molecule has 10 heteroatoms. The average molecular weight is 469 g/mol. The summed E-state index contributed by atoms with van der Waals surface area (Å²) >= 11 is 6.90. The average Bonchev–Trinajstić information content (AvgIpc) is 3.06. The summed E-state index contributed by atoms with van der Waals surface area (Å²) in [5, 5.41) is 0. The largest absolute Gasteiger partial charge is 0.490 e. The Labute approximate surface area is 184 Å². The predicted molar refractivity (Wildman–Crippen MR) is 116 cm³/mol. The molecule has 4 rings (SSSR count). The zero-order valence-corrected chi connectivity index (χ0v) is 18.5. The van der Waals surface area contributed by atoms with Crippen molar-refractivity contribution in [1.82, 2.24) is 9.21 Å². The van der Waals surface area contributed by atoms with Crippen LogP contribution < -0.4 is 9.47 Å². The first kappa shape index (κ1) is 21.2. The number of halogens is 1. The van der Waals surface area contributed by atoms with Crippen molar-refractivity contribution in [1.29, 1.82) is 0 Å². The molecule has 0 unspecified atom stereocenters. The van der Waals surface area contributed by atoms with E-state index in [0.29, 0.717) is 42.1 Å². The van der Waals surface area contributed by atoms with Crippen LogP contribution in [0.4, 0.5) is 0 Å². The molecule has 30 heavy (non-hydrogen) atoms. The number of hydrogen-bond acceptors (Lipinski definition) is 6. The Balaban J connectivity index is 1.36. The molecule has 0 atom stereocenters. The van der Waals surface area contributed by atoms with E-state index in [1.165, 1.54) is 16.4 Å². The van der Waals surface area contributed by atoms with E-state index in [9.17, 15) is 13.2 Å². The summed E-state index contributed by atoms with van der Waals surface area (Å²) in [6.07, 6.45) is 4.07. The number of carbonyl (C=O) groups is 1. The van der Waals surface area contributed by atoms with Crippen molar-refractivity contribution in [3.05, 3.63) is 46.3 Å². The third kappa shape index (κ3) is 4.64. The summed E-state index contributed by atoms with van der Waals surface area (Å²) in [6, 6.07) is 8.64. The van der Waals surface area contributed by atoms with Gasteiger partial charge < -0.3 is 14.4 Å². The van der Waals surface area contributed by atoms with E-state index < -0.39 is 10.0 Å². The fraction of sp³-hybridized carbons (Fsp3) is 0.350. The van der Waals surface area contributed by atoms with Crippen LogP contribution >= 0.6 is 22.9 Å². The van der Waals surface area contributed by atoms with Crippen LogP contribution in [0.3, 0.4) is 0 Å². The Morgan fingerprint density at radius 3 is 2.47 bits per heavy atom. The zero-order valence-electron chi connectivity index (χ0n) is 16.1. The van der Waals surface area contributed by atoms with E-state index in [4.69, 9.17) is 21.1 Å². The molecule has 1 saturated heterocycles. The Hall–Kier alpha value is -2.07. The lowest BCUT2D eigenvalue weighted by Gasteiger charge is -2.33. The van der Waals surface area contributed by atoms with Gasteiger partial charge in [0.15, 0.2) is 11.5 Å². The molecule has 1 aromatic heterocycles. The molecular weight excluding hydrogens is 448 g/mol. The molecule has 2 aliphatic rings. The van der Waals surface area contributed by atoms with Gasteiger partial charge in [-0.3, -0.25) is 4.79 Å². The number of sulfonamides is 1. The molecule has 0 radical (unpaired) electrons. The Bertz CT molecular complexity index is 1060. The summed E-state index contributed by atoms with van der Waals surface area (Å²) in [4.78, 5) is 14.2. The smallest absolute Gasteiger partial charge is 0.252 e. The number of nitrogens with zero attached hydrogens (tertiary/aromatic N) is 2. The van der Waals surface area contributed by atoms with Crippen molar-refractivity contribution in [2.45, 2.75) is 10.6 Å². The fourth-order valence-corrected chi connectivity index (χ4v) is 6.33. The lowest BCUT2D eigenvalue weighted by Crippen LogP contribution is -2.50.